The van der Waals surface area contributed by atoms with E-state index in [4.69, 9.17) is 17.3 Å². The Morgan fingerprint density at radius 3 is 2.61 bits per heavy atom. The van der Waals surface area contributed by atoms with Crippen LogP contribution in [0.3, 0.4) is 0 Å². The molecule has 0 fully saturated rings. The minimum Gasteiger partial charge on any atom is -0.360 e. The minimum atomic E-state index is -0.517. The van der Waals surface area contributed by atoms with Gasteiger partial charge in [0.2, 0.25) is 11.8 Å². The molecule has 4 N–H and O–H groups in total. The second-order valence-corrected chi connectivity index (χ2v) is 6.41. The molecule has 3 aromatic rings. The molecule has 1 aromatic heterocycles. The smallest absolute Gasteiger partial charge is 0.329 e. The van der Waals surface area contributed by atoms with Crippen molar-refractivity contribution < 1.29 is 4.92 Å². The quantitative estimate of drug-likeness (QED) is 0.390. The van der Waals surface area contributed by atoms with Crippen LogP contribution in [0.1, 0.15) is 16.7 Å². The molecule has 9 heteroatoms. The van der Waals surface area contributed by atoms with Crippen LogP contribution in [0.25, 0.3) is 0 Å². The molecule has 0 unspecified atom stereocenters. The van der Waals surface area contributed by atoms with Gasteiger partial charge in [0.25, 0.3) is 0 Å². The molecule has 0 bridgehead atoms. The molecular weight excluding hydrogens is 380 g/mol. The number of nitrogens with one attached hydrogen (secondary N) is 2. The molecule has 8 nitrogen and oxygen atoms in total. The van der Waals surface area contributed by atoms with Gasteiger partial charge in [-0.25, -0.2) is 4.98 Å². The molecule has 0 aliphatic heterocycles. The van der Waals surface area contributed by atoms with Gasteiger partial charge in [0.1, 0.15) is 6.20 Å². The van der Waals surface area contributed by atoms with Crippen LogP contribution in [0, 0.1) is 10.1 Å². The fraction of sp³-hybridized carbons (Fsp3) is 0.158. The zero-order valence-electron chi connectivity index (χ0n) is 14.9. The lowest BCUT2D eigenvalue weighted by molar-refractivity contribution is -0.384. The van der Waals surface area contributed by atoms with Gasteiger partial charge in [-0.3, -0.25) is 10.1 Å². The Labute approximate surface area is 166 Å². The van der Waals surface area contributed by atoms with E-state index in [1.54, 1.807) is 6.07 Å². The van der Waals surface area contributed by atoms with Crippen LogP contribution in [0.4, 0.5) is 17.5 Å². The van der Waals surface area contributed by atoms with E-state index in [2.05, 4.69) is 20.6 Å². The standard InChI is InChI=1S/C19H19ClN6O2/c20-16-7-2-1-6-15(16)11-23-19-24-12-17(26(27)28)18(25-19)22-10-14-5-3-4-13(8-14)9-21/h1-8,12H,9-11,21H2,(H2,22,23,24,25). The third-order valence-electron chi connectivity index (χ3n) is 4.05. The Hall–Kier alpha value is -3.23. The highest BCUT2D eigenvalue weighted by molar-refractivity contribution is 6.31. The van der Waals surface area contributed by atoms with Crippen molar-refractivity contribution in [3.63, 3.8) is 0 Å². The number of anilines is 2. The van der Waals surface area contributed by atoms with E-state index in [9.17, 15) is 10.1 Å². The number of hydrogen-bond acceptors (Lipinski definition) is 7. The lowest BCUT2D eigenvalue weighted by Gasteiger charge is -2.10. The van der Waals surface area contributed by atoms with E-state index >= 15 is 0 Å². The SMILES string of the molecule is NCc1cccc(CNc2nc(NCc3ccccc3Cl)ncc2[N+](=O)[O-])c1. The first-order valence-electron chi connectivity index (χ1n) is 8.57. The first-order valence-corrected chi connectivity index (χ1v) is 8.95. The van der Waals surface area contributed by atoms with Crippen molar-refractivity contribution in [2.45, 2.75) is 19.6 Å². The Balaban J connectivity index is 1.75. The summed E-state index contributed by atoms with van der Waals surface area (Å²) in [6.45, 7) is 1.20. The third kappa shape index (κ3) is 4.93. The van der Waals surface area contributed by atoms with Crippen LogP contribution < -0.4 is 16.4 Å². The lowest BCUT2D eigenvalue weighted by atomic mass is 10.1. The molecule has 1 heterocycles. The maximum atomic E-state index is 11.3. The fourth-order valence-corrected chi connectivity index (χ4v) is 2.80. The monoisotopic (exact) mass is 398 g/mol. The summed E-state index contributed by atoms with van der Waals surface area (Å²) in [5.74, 6) is 0.406. The van der Waals surface area contributed by atoms with Crippen LogP contribution in [0.15, 0.2) is 54.7 Å². The van der Waals surface area contributed by atoms with E-state index in [1.807, 2.05) is 42.5 Å². The number of hydrogen-bond donors (Lipinski definition) is 3. The first kappa shape index (κ1) is 19.5. The van der Waals surface area contributed by atoms with E-state index in [0.29, 0.717) is 24.7 Å². The summed E-state index contributed by atoms with van der Waals surface area (Å²) >= 11 is 6.14. The molecule has 2 aromatic carbocycles. The molecule has 3 rings (SSSR count). The molecule has 0 amide bonds. The Bertz CT molecular complexity index is 982. The Morgan fingerprint density at radius 2 is 1.86 bits per heavy atom. The van der Waals surface area contributed by atoms with Crippen molar-refractivity contribution in [3.8, 4) is 0 Å². The van der Waals surface area contributed by atoms with Crippen molar-refractivity contribution >= 4 is 29.1 Å². The van der Waals surface area contributed by atoms with Crippen molar-refractivity contribution in [2.24, 2.45) is 5.73 Å². The van der Waals surface area contributed by atoms with Crippen LogP contribution >= 0.6 is 11.6 Å². The molecule has 0 spiro atoms. The molecule has 0 radical (unpaired) electrons. The van der Waals surface area contributed by atoms with Gasteiger partial charge in [0.05, 0.1) is 4.92 Å². The van der Waals surface area contributed by atoms with Crippen molar-refractivity contribution in [3.05, 3.63) is 86.6 Å². The third-order valence-corrected chi connectivity index (χ3v) is 4.42. The molecular formula is C19H19ClN6O2. The van der Waals surface area contributed by atoms with Gasteiger partial charge in [0.15, 0.2) is 0 Å². The van der Waals surface area contributed by atoms with Gasteiger partial charge in [-0.2, -0.15) is 4.98 Å². The summed E-state index contributed by atoms with van der Waals surface area (Å²) in [6, 6.07) is 15.1. The van der Waals surface area contributed by atoms with Crippen LogP contribution in [0.2, 0.25) is 5.02 Å². The number of nitrogens with two attached hydrogens (primary N) is 1. The Kier molecular flexibility index (Phi) is 6.36. The number of aromatic nitrogens is 2. The largest absolute Gasteiger partial charge is 0.360 e. The molecule has 0 aliphatic carbocycles. The highest BCUT2D eigenvalue weighted by atomic mass is 35.5. The summed E-state index contributed by atoms with van der Waals surface area (Å²) in [4.78, 5) is 19.1. The highest BCUT2D eigenvalue weighted by Gasteiger charge is 2.17. The van der Waals surface area contributed by atoms with Gasteiger partial charge >= 0.3 is 5.69 Å². The topological polar surface area (TPSA) is 119 Å². The number of benzene rings is 2. The molecule has 0 saturated heterocycles. The zero-order chi connectivity index (χ0) is 19.9. The molecule has 144 valence electrons. The minimum absolute atomic E-state index is 0.139. The number of rotatable bonds is 8. The number of nitro groups is 1. The average Bonchev–Trinajstić information content (AvgIpc) is 2.71. The zero-order valence-corrected chi connectivity index (χ0v) is 15.7. The maximum absolute atomic E-state index is 11.3. The summed E-state index contributed by atoms with van der Waals surface area (Å²) in [5, 5.41) is 18.0. The van der Waals surface area contributed by atoms with Crippen LogP contribution in [-0.2, 0) is 19.6 Å². The van der Waals surface area contributed by atoms with Crippen molar-refractivity contribution in [1.29, 1.82) is 0 Å². The van der Waals surface area contributed by atoms with Gasteiger partial charge in [0, 0.05) is 24.7 Å². The number of nitrogens with zero attached hydrogens (tertiary/aromatic N) is 3. The molecule has 0 atom stereocenters. The molecule has 0 aliphatic rings. The van der Waals surface area contributed by atoms with E-state index in [-0.39, 0.29) is 17.5 Å². The normalized spacial score (nSPS) is 10.5. The molecule has 0 saturated carbocycles. The van der Waals surface area contributed by atoms with E-state index in [1.165, 1.54) is 6.20 Å². The maximum Gasteiger partial charge on any atom is 0.329 e. The number of halogens is 1. The van der Waals surface area contributed by atoms with Gasteiger partial charge in [-0.1, -0.05) is 54.1 Å². The van der Waals surface area contributed by atoms with Crippen molar-refractivity contribution in [1.82, 2.24) is 9.97 Å². The summed E-state index contributed by atoms with van der Waals surface area (Å²) in [5.41, 5.74) is 8.26. The first-order chi connectivity index (χ1) is 13.6. The van der Waals surface area contributed by atoms with E-state index < -0.39 is 4.92 Å². The predicted octanol–water partition coefficient (Wildman–Crippen LogP) is 3.72. The lowest BCUT2D eigenvalue weighted by Crippen LogP contribution is -2.10. The average molecular weight is 399 g/mol. The summed E-state index contributed by atoms with van der Waals surface area (Å²) in [6.07, 6.45) is 1.18. The second kappa shape index (κ2) is 9.12. The molecule has 28 heavy (non-hydrogen) atoms. The van der Waals surface area contributed by atoms with Crippen LogP contribution in [-0.4, -0.2) is 14.9 Å². The summed E-state index contributed by atoms with van der Waals surface area (Å²) < 4.78 is 0. The van der Waals surface area contributed by atoms with E-state index in [0.717, 1.165) is 16.7 Å². The van der Waals surface area contributed by atoms with Gasteiger partial charge in [-0.15, -0.1) is 0 Å². The summed E-state index contributed by atoms with van der Waals surface area (Å²) in [7, 11) is 0. The van der Waals surface area contributed by atoms with Gasteiger partial charge in [-0.05, 0) is 22.8 Å². The second-order valence-electron chi connectivity index (χ2n) is 6.01. The van der Waals surface area contributed by atoms with Crippen LogP contribution in [0.5, 0.6) is 0 Å². The Morgan fingerprint density at radius 1 is 1.07 bits per heavy atom. The highest BCUT2D eigenvalue weighted by Crippen LogP contribution is 2.23. The predicted molar refractivity (Wildman–Crippen MR) is 109 cm³/mol. The van der Waals surface area contributed by atoms with Crippen molar-refractivity contribution in [2.75, 3.05) is 10.6 Å². The fourth-order valence-electron chi connectivity index (χ4n) is 2.59. The van der Waals surface area contributed by atoms with Gasteiger partial charge < -0.3 is 16.4 Å².